The molecule has 4 aromatic rings. The molecular formula is C27H14B9N. The Labute approximate surface area is 231 Å². The standard InChI is InChI=1S/C27H14B9N/c1-27(2)13-6-4-3-5-11(13)12-8-7-10(9-14(12)27)37-26-24(35)19(30)16(20(31)25(26)36)15-17(28)21(32)23(34)22(33)18(15)29/h3-9,37H,1-2H3. The number of hydrogen-bond donors (Lipinski definition) is 1. The van der Waals surface area contributed by atoms with Crippen molar-refractivity contribution in [2.75, 3.05) is 5.32 Å². The molecule has 0 fully saturated rings. The summed E-state index contributed by atoms with van der Waals surface area (Å²) in [6, 6.07) is 14.5. The Bertz CT molecular complexity index is 1570. The summed E-state index contributed by atoms with van der Waals surface area (Å²) in [6.07, 6.45) is 0. The molecule has 37 heavy (non-hydrogen) atoms. The molecule has 1 aliphatic carbocycles. The lowest BCUT2D eigenvalue weighted by molar-refractivity contribution is 0.660. The van der Waals surface area contributed by atoms with Crippen molar-refractivity contribution in [3.63, 3.8) is 0 Å². The van der Waals surface area contributed by atoms with E-state index in [-0.39, 0.29) is 65.7 Å². The monoisotopic (exact) mass is 451 g/mol. The van der Waals surface area contributed by atoms with Crippen LogP contribution in [-0.4, -0.2) is 70.6 Å². The second kappa shape index (κ2) is 8.93. The Balaban J connectivity index is 1.63. The highest BCUT2D eigenvalue weighted by molar-refractivity contribution is 6.70. The van der Waals surface area contributed by atoms with Crippen molar-refractivity contribution in [1.82, 2.24) is 0 Å². The molecule has 154 valence electrons. The fourth-order valence-electron chi connectivity index (χ4n) is 5.28. The van der Waals surface area contributed by atoms with Crippen molar-refractivity contribution in [3.05, 3.63) is 53.6 Å². The Kier molecular flexibility index (Phi) is 6.25. The van der Waals surface area contributed by atoms with Crippen molar-refractivity contribution < 1.29 is 0 Å². The number of benzene rings is 4. The Morgan fingerprint density at radius 1 is 0.514 bits per heavy atom. The van der Waals surface area contributed by atoms with Crippen LogP contribution in [0, 0.1) is 0 Å². The smallest absolute Gasteiger partial charge is 0.115 e. The first kappa shape index (κ1) is 25.9. The van der Waals surface area contributed by atoms with Gasteiger partial charge in [-0.05, 0) is 45.5 Å². The number of nitrogens with one attached hydrogen (secondary N) is 1. The summed E-state index contributed by atoms with van der Waals surface area (Å²) in [5.74, 6) is 0. The molecule has 0 bridgehead atoms. The van der Waals surface area contributed by atoms with Gasteiger partial charge in [0.25, 0.3) is 0 Å². The van der Waals surface area contributed by atoms with Crippen molar-refractivity contribution in [3.8, 4) is 22.3 Å². The average molecular weight is 450 g/mol. The molecule has 18 radical (unpaired) electrons. The molecule has 1 nitrogen and oxygen atoms in total. The van der Waals surface area contributed by atoms with E-state index in [1.54, 1.807) is 0 Å². The molecule has 5 rings (SSSR count). The zero-order valence-corrected chi connectivity index (χ0v) is 20.7. The van der Waals surface area contributed by atoms with Gasteiger partial charge in [0.2, 0.25) is 0 Å². The molecule has 1 aliphatic rings. The maximum Gasteiger partial charge on any atom is 0.115 e. The number of hydrogen-bond acceptors (Lipinski definition) is 1. The molecule has 0 atom stereocenters. The summed E-state index contributed by atoms with van der Waals surface area (Å²) in [7, 11) is 56.5. The van der Waals surface area contributed by atoms with Crippen LogP contribution in [-0.2, 0) is 5.41 Å². The molecule has 0 aromatic heterocycles. The van der Waals surface area contributed by atoms with E-state index in [1.807, 2.05) is 12.1 Å². The molecule has 0 saturated carbocycles. The van der Waals surface area contributed by atoms with Crippen LogP contribution in [0.2, 0.25) is 0 Å². The van der Waals surface area contributed by atoms with Crippen LogP contribution in [0.15, 0.2) is 42.5 Å². The van der Waals surface area contributed by atoms with Gasteiger partial charge in [-0.1, -0.05) is 77.0 Å². The minimum atomic E-state index is -0.174. The lowest BCUT2D eigenvalue weighted by Gasteiger charge is -2.28. The van der Waals surface area contributed by atoms with Gasteiger partial charge in [0, 0.05) is 16.8 Å². The first-order valence-electron chi connectivity index (χ1n) is 11.7. The fourth-order valence-corrected chi connectivity index (χ4v) is 5.28. The first-order chi connectivity index (χ1) is 17.4. The molecule has 0 unspecified atom stereocenters. The van der Waals surface area contributed by atoms with Gasteiger partial charge >= 0.3 is 0 Å². The molecular weight excluding hydrogens is 436 g/mol. The zero-order chi connectivity index (χ0) is 27.0. The lowest BCUT2D eigenvalue weighted by atomic mass is 9.56. The molecule has 10 heteroatoms. The molecule has 0 amide bonds. The van der Waals surface area contributed by atoms with Gasteiger partial charge in [0.15, 0.2) is 0 Å². The van der Waals surface area contributed by atoms with Crippen molar-refractivity contribution in [1.29, 1.82) is 0 Å². The molecule has 0 saturated heterocycles. The second-order valence-corrected chi connectivity index (χ2v) is 9.90. The summed E-state index contributed by atoms with van der Waals surface area (Å²) < 4.78 is 0. The highest BCUT2D eigenvalue weighted by atomic mass is 14.9. The maximum absolute atomic E-state index is 6.49. The van der Waals surface area contributed by atoms with Gasteiger partial charge in [-0.2, -0.15) is 0 Å². The van der Waals surface area contributed by atoms with Crippen molar-refractivity contribution in [2.45, 2.75) is 19.3 Å². The predicted molar refractivity (Wildman–Crippen MR) is 168 cm³/mol. The van der Waals surface area contributed by atoms with E-state index in [4.69, 9.17) is 70.6 Å². The van der Waals surface area contributed by atoms with E-state index in [0.717, 1.165) is 5.69 Å². The molecule has 0 heterocycles. The summed E-state index contributed by atoms with van der Waals surface area (Å²) in [5.41, 5.74) is 7.35. The van der Waals surface area contributed by atoms with E-state index in [9.17, 15) is 0 Å². The minimum Gasteiger partial charge on any atom is -0.357 e. The summed E-state index contributed by atoms with van der Waals surface area (Å²) >= 11 is 0. The molecule has 4 aromatic carbocycles. The van der Waals surface area contributed by atoms with E-state index < -0.39 is 0 Å². The third-order valence-corrected chi connectivity index (χ3v) is 7.46. The SMILES string of the molecule is [B]c1c([B])c([B])c(-c2c([B])c([B])c(Nc3ccc4c(c3)C(C)(C)c3ccccc3-4)c([B])c2[B])c([B])c1[B]. The van der Waals surface area contributed by atoms with E-state index >= 15 is 0 Å². The third-order valence-electron chi connectivity index (χ3n) is 7.46. The van der Waals surface area contributed by atoms with Crippen molar-refractivity contribution in [2.24, 2.45) is 0 Å². The fraction of sp³-hybridized carbons (Fsp3) is 0.111. The molecule has 0 spiro atoms. The summed E-state index contributed by atoms with van der Waals surface area (Å²) in [6.45, 7) is 4.40. The van der Waals surface area contributed by atoms with Crippen LogP contribution in [0.1, 0.15) is 25.0 Å². The Morgan fingerprint density at radius 2 is 0.973 bits per heavy atom. The van der Waals surface area contributed by atoms with E-state index in [0.29, 0.717) is 5.69 Å². The summed E-state index contributed by atoms with van der Waals surface area (Å²) in [4.78, 5) is 0. The second-order valence-electron chi connectivity index (χ2n) is 9.90. The number of rotatable bonds is 3. The molecule has 1 N–H and O–H groups in total. The average Bonchev–Trinajstić information content (AvgIpc) is 3.11. The maximum atomic E-state index is 6.49. The van der Waals surface area contributed by atoms with Crippen LogP contribution in [0.25, 0.3) is 22.3 Å². The van der Waals surface area contributed by atoms with Gasteiger partial charge in [-0.15, -0.1) is 16.4 Å². The topological polar surface area (TPSA) is 12.0 Å². The normalized spacial score (nSPS) is 13.2. The van der Waals surface area contributed by atoms with Crippen LogP contribution < -0.4 is 54.5 Å². The Morgan fingerprint density at radius 3 is 1.54 bits per heavy atom. The van der Waals surface area contributed by atoms with Crippen LogP contribution in [0.5, 0.6) is 0 Å². The quantitative estimate of drug-likeness (QED) is 0.321. The zero-order valence-electron chi connectivity index (χ0n) is 20.7. The van der Waals surface area contributed by atoms with Gasteiger partial charge in [-0.25, -0.2) is 0 Å². The predicted octanol–water partition coefficient (Wildman–Crippen LogP) is -3.45. The molecule has 0 aliphatic heterocycles. The number of fused-ring (bicyclic) bond motifs is 3. The van der Waals surface area contributed by atoms with Gasteiger partial charge < -0.3 is 5.32 Å². The first-order valence-corrected chi connectivity index (χ1v) is 11.7. The van der Waals surface area contributed by atoms with Crippen LogP contribution in [0.4, 0.5) is 11.4 Å². The number of anilines is 2. The third kappa shape index (κ3) is 3.74. The van der Waals surface area contributed by atoms with Crippen molar-refractivity contribution >= 4 is 131 Å². The largest absolute Gasteiger partial charge is 0.357 e. The van der Waals surface area contributed by atoms with Gasteiger partial charge in [-0.3, -0.25) is 0 Å². The summed E-state index contributed by atoms with van der Waals surface area (Å²) in [5, 5.41) is 3.31. The van der Waals surface area contributed by atoms with Crippen LogP contribution in [0.3, 0.4) is 0 Å². The van der Waals surface area contributed by atoms with Gasteiger partial charge in [0.05, 0.1) is 0 Å². The van der Waals surface area contributed by atoms with E-state index in [1.165, 1.54) is 22.3 Å². The lowest BCUT2D eigenvalue weighted by Crippen LogP contribution is -2.57. The highest BCUT2D eigenvalue weighted by Gasteiger charge is 2.35. The van der Waals surface area contributed by atoms with Gasteiger partial charge in [0.1, 0.15) is 70.6 Å². The van der Waals surface area contributed by atoms with E-state index in [2.05, 4.69) is 49.5 Å². The minimum absolute atomic E-state index is 0.0709. The van der Waals surface area contributed by atoms with Crippen LogP contribution >= 0.6 is 0 Å². The Hall–Kier alpha value is -2.74. The highest BCUT2D eigenvalue weighted by Crippen LogP contribution is 2.49.